The maximum absolute atomic E-state index is 5.79. The summed E-state index contributed by atoms with van der Waals surface area (Å²) in [6.45, 7) is 8.67. The lowest BCUT2D eigenvalue weighted by atomic mass is 10.3. The molecule has 0 spiro atoms. The van der Waals surface area contributed by atoms with Crippen LogP contribution >= 0.6 is 11.6 Å². The van der Waals surface area contributed by atoms with E-state index in [1.165, 1.54) is 0 Å². The number of aromatic nitrogens is 1. The molecule has 0 radical (unpaired) electrons. The molecule has 1 aromatic rings. The highest BCUT2D eigenvalue weighted by Crippen LogP contribution is 2.08. The summed E-state index contributed by atoms with van der Waals surface area (Å²) >= 11 is 5.79. The van der Waals surface area contributed by atoms with Crippen molar-refractivity contribution in [2.45, 2.75) is 20.3 Å². The molecule has 16 heavy (non-hydrogen) atoms. The first-order valence-electron chi connectivity index (χ1n) is 5.85. The average Bonchev–Trinajstić information content (AvgIpc) is 2.29. The van der Waals surface area contributed by atoms with Gasteiger partial charge in [0.2, 0.25) is 0 Å². The molecule has 1 heterocycles. The summed E-state index contributed by atoms with van der Waals surface area (Å²) in [5.41, 5.74) is 0. The number of nitrogens with zero attached hydrogens (tertiary/aromatic N) is 2. The van der Waals surface area contributed by atoms with Crippen LogP contribution in [-0.4, -0.2) is 36.1 Å². The molecular weight excluding hydrogens is 222 g/mol. The standard InChI is InChI=1S/C12H20ClN3/c1-3-16(4-2)10-6-9-14-12-8-5-7-11(13)15-12/h5,7-8H,3-4,6,9-10H2,1-2H3,(H,14,15). The van der Waals surface area contributed by atoms with Crippen LogP contribution in [0, 0.1) is 0 Å². The minimum atomic E-state index is 0.536. The molecule has 0 amide bonds. The van der Waals surface area contributed by atoms with E-state index < -0.39 is 0 Å². The highest BCUT2D eigenvalue weighted by atomic mass is 35.5. The molecule has 0 saturated carbocycles. The Labute approximate surface area is 103 Å². The highest BCUT2D eigenvalue weighted by Gasteiger charge is 1.98. The molecule has 0 bridgehead atoms. The topological polar surface area (TPSA) is 28.2 Å². The number of hydrogen-bond donors (Lipinski definition) is 1. The summed E-state index contributed by atoms with van der Waals surface area (Å²) in [6, 6.07) is 5.62. The number of anilines is 1. The molecule has 0 saturated heterocycles. The van der Waals surface area contributed by atoms with Gasteiger partial charge in [0.05, 0.1) is 0 Å². The van der Waals surface area contributed by atoms with E-state index in [-0.39, 0.29) is 0 Å². The first kappa shape index (κ1) is 13.3. The summed E-state index contributed by atoms with van der Waals surface area (Å²) in [7, 11) is 0. The maximum Gasteiger partial charge on any atom is 0.131 e. The van der Waals surface area contributed by atoms with E-state index >= 15 is 0 Å². The molecule has 0 atom stereocenters. The van der Waals surface area contributed by atoms with Gasteiger partial charge in [0.15, 0.2) is 0 Å². The van der Waals surface area contributed by atoms with Crippen LogP contribution in [0.2, 0.25) is 5.15 Å². The zero-order chi connectivity index (χ0) is 11.8. The van der Waals surface area contributed by atoms with Crippen molar-refractivity contribution in [1.29, 1.82) is 0 Å². The van der Waals surface area contributed by atoms with Crippen molar-refractivity contribution in [3.63, 3.8) is 0 Å². The number of rotatable bonds is 7. The van der Waals surface area contributed by atoms with Gasteiger partial charge in [0.1, 0.15) is 11.0 Å². The van der Waals surface area contributed by atoms with Crippen molar-refractivity contribution in [2.24, 2.45) is 0 Å². The van der Waals surface area contributed by atoms with Crippen molar-refractivity contribution >= 4 is 17.4 Å². The first-order chi connectivity index (χ1) is 7.76. The van der Waals surface area contributed by atoms with E-state index in [0.29, 0.717) is 5.15 Å². The summed E-state index contributed by atoms with van der Waals surface area (Å²) in [6.07, 6.45) is 1.12. The van der Waals surface area contributed by atoms with E-state index in [1.54, 1.807) is 6.07 Å². The summed E-state index contributed by atoms with van der Waals surface area (Å²) in [4.78, 5) is 6.58. The van der Waals surface area contributed by atoms with Crippen molar-refractivity contribution in [1.82, 2.24) is 9.88 Å². The zero-order valence-electron chi connectivity index (χ0n) is 10.0. The Balaban J connectivity index is 2.20. The number of hydrogen-bond acceptors (Lipinski definition) is 3. The van der Waals surface area contributed by atoms with Crippen LogP contribution in [0.5, 0.6) is 0 Å². The van der Waals surface area contributed by atoms with Crippen LogP contribution in [0.15, 0.2) is 18.2 Å². The third kappa shape index (κ3) is 4.81. The van der Waals surface area contributed by atoms with E-state index in [4.69, 9.17) is 11.6 Å². The number of halogens is 1. The predicted molar refractivity (Wildman–Crippen MR) is 70.1 cm³/mol. The predicted octanol–water partition coefficient (Wildman–Crippen LogP) is 2.88. The van der Waals surface area contributed by atoms with Gasteiger partial charge >= 0.3 is 0 Å². The van der Waals surface area contributed by atoms with Crippen LogP contribution in [-0.2, 0) is 0 Å². The second kappa shape index (κ2) is 7.47. The maximum atomic E-state index is 5.79. The molecule has 1 rings (SSSR count). The van der Waals surface area contributed by atoms with Gasteiger partial charge in [0, 0.05) is 6.54 Å². The molecule has 0 aliphatic carbocycles. The molecule has 90 valence electrons. The molecule has 1 N–H and O–H groups in total. The Morgan fingerprint density at radius 2 is 2.06 bits per heavy atom. The SMILES string of the molecule is CCN(CC)CCCNc1cccc(Cl)n1. The molecule has 0 aliphatic rings. The Bertz CT molecular complexity index is 300. The van der Waals surface area contributed by atoms with Crippen LogP contribution in [0.1, 0.15) is 20.3 Å². The van der Waals surface area contributed by atoms with Gasteiger partial charge in [-0.25, -0.2) is 4.98 Å². The van der Waals surface area contributed by atoms with Gasteiger partial charge in [-0.1, -0.05) is 31.5 Å². The Hall–Kier alpha value is -0.800. The molecule has 0 aliphatic heterocycles. The monoisotopic (exact) mass is 241 g/mol. The first-order valence-corrected chi connectivity index (χ1v) is 6.22. The number of pyridine rings is 1. The van der Waals surface area contributed by atoms with Crippen molar-refractivity contribution in [3.05, 3.63) is 23.4 Å². The van der Waals surface area contributed by atoms with Crippen LogP contribution < -0.4 is 5.32 Å². The smallest absolute Gasteiger partial charge is 0.131 e. The van der Waals surface area contributed by atoms with Gasteiger partial charge in [-0.3, -0.25) is 0 Å². The van der Waals surface area contributed by atoms with Crippen molar-refractivity contribution < 1.29 is 0 Å². The third-order valence-electron chi connectivity index (χ3n) is 2.57. The van der Waals surface area contributed by atoms with Gasteiger partial charge < -0.3 is 10.2 Å². The van der Waals surface area contributed by atoms with E-state index in [0.717, 1.165) is 38.4 Å². The largest absolute Gasteiger partial charge is 0.370 e. The normalized spacial score (nSPS) is 10.8. The van der Waals surface area contributed by atoms with Crippen molar-refractivity contribution in [3.8, 4) is 0 Å². The molecule has 4 heteroatoms. The quantitative estimate of drug-likeness (QED) is 0.588. The van der Waals surface area contributed by atoms with Crippen molar-refractivity contribution in [2.75, 3.05) is 31.5 Å². The Morgan fingerprint density at radius 3 is 2.69 bits per heavy atom. The molecule has 3 nitrogen and oxygen atoms in total. The minimum Gasteiger partial charge on any atom is -0.370 e. The molecule has 0 fully saturated rings. The van der Waals surface area contributed by atoms with E-state index in [2.05, 4.69) is 29.0 Å². The fourth-order valence-electron chi connectivity index (χ4n) is 1.57. The van der Waals surface area contributed by atoms with Gasteiger partial charge in [-0.15, -0.1) is 0 Å². The lowest BCUT2D eigenvalue weighted by Gasteiger charge is -2.17. The average molecular weight is 242 g/mol. The van der Waals surface area contributed by atoms with Gasteiger partial charge in [-0.05, 0) is 38.2 Å². The summed E-state index contributed by atoms with van der Waals surface area (Å²) in [5.74, 6) is 0.854. The minimum absolute atomic E-state index is 0.536. The van der Waals surface area contributed by atoms with E-state index in [1.807, 2.05) is 12.1 Å². The zero-order valence-corrected chi connectivity index (χ0v) is 10.8. The Morgan fingerprint density at radius 1 is 1.31 bits per heavy atom. The Kier molecular flexibility index (Phi) is 6.19. The molecular formula is C12H20ClN3. The molecule has 0 unspecified atom stereocenters. The second-order valence-electron chi connectivity index (χ2n) is 3.65. The van der Waals surface area contributed by atoms with Gasteiger partial charge in [0.25, 0.3) is 0 Å². The summed E-state index contributed by atoms with van der Waals surface area (Å²) in [5, 5.41) is 3.80. The highest BCUT2D eigenvalue weighted by molar-refractivity contribution is 6.29. The third-order valence-corrected chi connectivity index (χ3v) is 2.78. The fourth-order valence-corrected chi connectivity index (χ4v) is 1.73. The summed E-state index contributed by atoms with van der Waals surface area (Å²) < 4.78 is 0. The van der Waals surface area contributed by atoms with Crippen LogP contribution in [0.3, 0.4) is 0 Å². The van der Waals surface area contributed by atoms with Crippen LogP contribution in [0.25, 0.3) is 0 Å². The van der Waals surface area contributed by atoms with E-state index in [9.17, 15) is 0 Å². The molecule has 1 aromatic heterocycles. The van der Waals surface area contributed by atoms with Gasteiger partial charge in [-0.2, -0.15) is 0 Å². The lowest BCUT2D eigenvalue weighted by molar-refractivity contribution is 0.303. The molecule has 0 aromatic carbocycles. The van der Waals surface area contributed by atoms with Crippen LogP contribution in [0.4, 0.5) is 5.82 Å². The second-order valence-corrected chi connectivity index (χ2v) is 4.04. The lowest BCUT2D eigenvalue weighted by Crippen LogP contribution is -2.25. The fraction of sp³-hybridized carbons (Fsp3) is 0.583. The number of nitrogens with one attached hydrogen (secondary N) is 1.